The average molecular weight is 242 g/mol. The Labute approximate surface area is 102 Å². The van der Waals surface area contributed by atoms with Gasteiger partial charge in [0.15, 0.2) is 5.17 Å². The molecule has 2 saturated heterocycles. The van der Waals surface area contributed by atoms with E-state index in [0.29, 0.717) is 6.10 Å². The van der Waals surface area contributed by atoms with Gasteiger partial charge in [0.25, 0.3) is 0 Å². The fourth-order valence-corrected chi connectivity index (χ4v) is 3.33. The molecule has 2 heterocycles. The van der Waals surface area contributed by atoms with Crippen molar-refractivity contribution in [2.24, 2.45) is 4.99 Å². The highest BCUT2D eigenvalue weighted by Gasteiger charge is 2.24. The lowest BCUT2D eigenvalue weighted by molar-refractivity contribution is 0.0225. The van der Waals surface area contributed by atoms with Crippen LogP contribution in [0.4, 0.5) is 0 Å². The molecule has 92 valence electrons. The minimum absolute atomic E-state index is 0.206. The first-order valence-electron chi connectivity index (χ1n) is 6.23. The number of thioether (sulfide) groups is 1. The second-order valence-corrected chi connectivity index (χ2v) is 6.33. The topological polar surface area (TPSA) is 33.6 Å². The minimum Gasteiger partial charge on any atom is -0.376 e. The lowest BCUT2D eigenvalue weighted by atomic mass is 10.0. The molecule has 0 bridgehead atoms. The van der Waals surface area contributed by atoms with Gasteiger partial charge in [-0.15, -0.1) is 0 Å². The molecule has 0 amide bonds. The van der Waals surface area contributed by atoms with Crippen LogP contribution in [0.5, 0.6) is 0 Å². The zero-order valence-corrected chi connectivity index (χ0v) is 11.1. The highest BCUT2D eigenvalue weighted by molar-refractivity contribution is 8.13. The molecule has 0 spiro atoms. The van der Waals surface area contributed by atoms with Crippen LogP contribution in [0.3, 0.4) is 0 Å². The zero-order valence-electron chi connectivity index (χ0n) is 10.3. The Morgan fingerprint density at radius 1 is 1.50 bits per heavy atom. The number of nitrogens with one attached hydrogen (secondary N) is 1. The molecule has 16 heavy (non-hydrogen) atoms. The van der Waals surface area contributed by atoms with Gasteiger partial charge in [-0.3, -0.25) is 4.99 Å². The molecule has 0 saturated carbocycles. The van der Waals surface area contributed by atoms with Crippen molar-refractivity contribution in [2.45, 2.75) is 51.2 Å². The molecule has 0 aromatic carbocycles. The lowest BCUT2D eigenvalue weighted by Crippen LogP contribution is -2.46. The molecule has 0 aromatic heterocycles. The number of rotatable bonds is 2. The van der Waals surface area contributed by atoms with E-state index in [0.717, 1.165) is 18.3 Å². The first kappa shape index (κ1) is 12.2. The summed E-state index contributed by atoms with van der Waals surface area (Å²) >= 11 is 1.84. The van der Waals surface area contributed by atoms with E-state index in [-0.39, 0.29) is 5.54 Å². The summed E-state index contributed by atoms with van der Waals surface area (Å²) in [6, 6.07) is 0. The van der Waals surface area contributed by atoms with Gasteiger partial charge in [0, 0.05) is 17.9 Å². The summed E-state index contributed by atoms with van der Waals surface area (Å²) < 4.78 is 5.68. The standard InChI is InChI=1S/C12H22N2OS/c1-12(2)6-8-16-11(14-12)13-9-10-5-3-4-7-15-10/h10H,3-9H2,1-2H3,(H,13,14). The molecule has 2 aliphatic rings. The van der Waals surface area contributed by atoms with Crippen LogP contribution in [0.25, 0.3) is 0 Å². The number of nitrogens with zero attached hydrogens (tertiary/aromatic N) is 1. The van der Waals surface area contributed by atoms with Crippen molar-refractivity contribution >= 4 is 16.9 Å². The first-order chi connectivity index (χ1) is 7.66. The Hall–Kier alpha value is -0.220. The third-order valence-corrected chi connectivity index (χ3v) is 4.04. The highest BCUT2D eigenvalue weighted by Crippen LogP contribution is 2.22. The van der Waals surface area contributed by atoms with Gasteiger partial charge in [-0.25, -0.2) is 0 Å². The molecule has 2 rings (SSSR count). The summed E-state index contributed by atoms with van der Waals surface area (Å²) in [5, 5.41) is 4.59. The first-order valence-corrected chi connectivity index (χ1v) is 7.21. The van der Waals surface area contributed by atoms with Gasteiger partial charge in [0.2, 0.25) is 0 Å². The van der Waals surface area contributed by atoms with Crippen molar-refractivity contribution in [3.8, 4) is 0 Å². The lowest BCUT2D eigenvalue weighted by Gasteiger charge is -2.32. The molecule has 3 nitrogen and oxygen atoms in total. The Bertz CT molecular complexity index is 260. The number of amidine groups is 1. The molecule has 1 N–H and O–H groups in total. The van der Waals surface area contributed by atoms with Crippen LogP contribution in [0.1, 0.15) is 39.5 Å². The monoisotopic (exact) mass is 242 g/mol. The Morgan fingerprint density at radius 3 is 3.06 bits per heavy atom. The smallest absolute Gasteiger partial charge is 0.157 e. The molecule has 1 atom stereocenters. The van der Waals surface area contributed by atoms with Crippen LogP contribution in [0.15, 0.2) is 4.99 Å². The maximum absolute atomic E-state index is 5.68. The van der Waals surface area contributed by atoms with Gasteiger partial charge in [-0.05, 0) is 39.5 Å². The van der Waals surface area contributed by atoms with Gasteiger partial charge < -0.3 is 10.1 Å². The normalized spacial score (nSPS) is 32.4. The fraction of sp³-hybridized carbons (Fsp3) is 0.917. The summed E-state index contributed by atoms with van der Waals surface area (Å²) in [5.74, 6) is 1.17. The van der Waals surface area contributed by atoms with Crippen molar-refractivity contribution in [1.29, 1.82) is 0 Å². The highest BCUT2D eigenvalue weighted by atomic mass is 32.2. The molecule has 0 aromatic rings. The number of hydrogen-bond donors (Lipinski definition) is 1. The van der Waals surface area contributed by atoms with Crippen molar-refractivity contribution < 1.29 is 4.74 Å². The summed E-state index contributed by atoms with van der Waals surface area (Å²) in [6.45, 7) is 6.21. The van der Waals surface area contributed by atoms with E-state index < -0.39 is 0 Å². The molecule has 0 aliphatic carbocycles. The van der Waals surface area contributed by atoms with Crippen LogP contribution < -0.4 is 5.32 Å². The fourth-order valence-electron chi connectivity index (χ4n) is 2.01. The van der Waals surface area contributed by atoms with Gasteiger partial charge in [-0.1, -0.05) is 11.8 Å². The molecule has 1 unspecified atom stereocenters. The Morgan fingerprint density at radius 2 is 2.38 bits per heavy atom. The number of aliphatic imine (C=N–C) groups is 1. The summed E-state index contributed by atoms with van der Waals surface area (Å²) in [7, 11) is 0. The minimum atomic E-state index is 0.206. The average Bonchev–Trinajstić information content (AvgIpc) is 2.27. The summed E-state index contributed by atoms with van der Waals surface area (Å²) in [5.41, 5.74) is 0.206. The van der Waals surface area contributed by atoms with E-state index in [1.54, 1.807) is 0 Å². The van der Waals surface area contributed by atoms with E-state index in [4.69, 9.17) is 4.74 Å². The second kappa shape index (κ2) is 5.41. The van der Waals surface area contributed by atoms with Crippen molar-refractivity contribution in [3.63, 3.8) is 0 Å². The predicted octanol–water partition coefficient (Wildman–Crippen LogP) is 2.42. The van der Waals surface area contributed by atoms with Gasteiger partial charge in [0.1, 0.15) is 0 Å². The second-order valence-electron chi connectivity index (χ2n) is 5.24. The largest absolute Gasteiger partial charge is 0.376 e. The van der Waals surface area contributed by atoms with Gasteiger partial charge >= 0.3 is 0 Å². The maximum atomic E-state index is 5.68. The van der Waals surface area contributed by atoms with Crippen LogP contribution in [-0.4, -0.2) is 35.7 Å². The molecule has 2 fully saturated rings. The predicted molar refractivity (Wildman–Crippen MR) is 70.2 cm³/mol. The summed E-state index contributed by atoms with van der Waals surface area (Å²) in [4.78, 5) is 4.65. The molecular formula is C12H22N2OS. The van der Waals surface area contributed by atoms with E-state index in [9.17, 15) is 0 Å². The molecule has 2 aliphatic heterocycles. The Balaban J connectivity index is 1.81. The maximum Gasteiger partial charge on any atom is 0.157 e. The van der Waals surface area contributed by atoms with E-state index >= 15 is 0 Å². The molecular weight excluding hydrogens is 220 g/mol. The third-order valence-electron chi connectivity index (χ3n) is 3.12. The third kappa shape index (κ3) is 3.67. The van der Waals surface area contributed by atoms with Crippen molar-refractivity contribution in [2.75, 3.05) is 18.9 Å². The van der Waals surface area contributed by atoms with Crippen LogP contribution in [0, 0.1) is 0 Å². The number of hydrogen-bond acceptors (Lipinski definition) is 3. The molecule has 0 radical (unpaired) electrons. The van der Waals surface area contributed by atoms with E-state index in [2.05, 4.69) is 24.2 Å². The van der Waals surface area contributed by atoms with Gasteiger partial charge in [0.05, 0.1) is 12.6 Å². The van der Waals surface area contributed by atoms with Crippen molar-refractivity contribution in [3.05, 3.63) is 0 Å². The zero-order chi connectivity index (χ0) is 11.4. The van der Waals surface area contributed by atoms with Gasteiger partial charge in [-0.2, -0.15) is 0 Å². The Kier molecular flexibility index (Phi) is 4.14. The SMILES string of the molecule is CC1(C)CCSC(=NCC2CCCCO2)N1. The van der Waals surface area contributed by atoms with Crippen LogP contribution in [-0.2, 0) is 4.74 Å². The van der Waals surface area contributed by atoms with Crippen molar-refractivity contribution in [1.82, 2.24) is 5.32 Å². The van der Waals surface area contributed by atoms with Crippen LogP contribution >= 0.6 is 11.8 Å². The molecule has 4 heteroatoms. The summed E-state index contributed by atoms with van der Waals surface area (Å²) in [6.07, 6.45) is 5.24. The van der Waals surface area contributed by atoms with Crippen LogP contribution in [0.2, 0.25) is 0 Å². The number of ether oxygens (including phenoxy) is 1. The van der Waals surface area contributed by atoms with E-state index in [1.165, 1.54) is 31.4 Å². The quantitative estimate of drug-likeness (QED) is 0.807. The van der Waals surface area contributed by atoms with E-state index in [1.807, 2.05) is 11.8 Å².